The molecule has 1 N–H and O–H groups in total. The van der Waals surface area contributed by atoms with Crippen LogP contribution in [0.4, 0.5) is 17.1 Å². The first-order valence-electron chi connectivity index (χ1n) is 7.54. The highest BCUT2D eigenvalue weighted by Crippen LogP contribution is 2.22. The highest BCUT2D eigenvalue weighted by Gasteiger charge is 2.19. The second-order valence-corrected chi connectivity index (χ2v) is 7.09. The second-order valence-electron chi connectivity index (χ2n) is 5.44. The maximum absolute atomic E-state index is 12.4. The lowest BCUT2D eigenvalue weighted by Crippen LogP contribution is -2.13. The molecule has 1 aromatic heterocycles. The summed E-state index contributed by atoms with van der Waals surface area (Å²) in [5.41, 5.74) is 2.27. The fraction of sp³-hybridized carbons (Fsp3) is 0.118. The number of sulfonamides is 1. The number of hydrogen-bond acceptors (Lipinski definition) is 5. The molecule has 25 heavy (non-hydrogen) atoms. The van der Waals surface area contributed by atoms with Crippen molar-refractivity contribution >= 4 is 27.1 Å². The monoisotopic (exact) mass is 355 g/mol. The summed E-state index contributed by atoms with van der Waals surface area (Å²) in [5, 5.41) is 12.3. The van der Waals surface area contributed by atoms with Gasteiger partial charge in [-0.1, -0.05) is 18.2 Å². The van der Waals surface area contributed by atoms with Crippen LogP contribution in [0.2, 0.25) is 0 Å². The summed E-state index contributed by atoms with van der Waals surface area (Å²) >= 11 is 0. The van der Waals surface area contributed by atoms with Gasteiger partial charge >= 0.3 is 0 Å². The van der Waals surface area contributed by atoms with Crippen LogP contribution in [-0.2, 0) is 17.1 Å². The van der Waals surface area contributed by atoms with Crippen molar-refractivity contribution in [1.82, 2.24) is 9.78 Å². The average Bonchev–Trinajstić information content (AvgIpc) is 2.94. The molecule has 0 bridgehead atoms. The molecule has 0 atom stereocenters. The third-order valence-electron chi connectivity index (χ3n) is 3.41. The first-order valence-corrected chi connectivity index (χ1v) is 9.02. The Morgan fingerprint density at radius 3 is 2.12 bits per heavy atom. The molecule has 0 aliphatic rings. The summed E-state index contributed by atoms with van der Waals surface area (Å²) in [5.74, 6) is 0. The standard InChI is InChI=1S/C17H17N5O2S/c1-13-17(12-22(2)20-13)25(23,24)21-16-10-8-15(9-11-16)19-18-14-6-4-3-5-7-14/h3-12,21H,1-2H3. The molecule has 0 aliphatic heterocycles. The van der Waals surface area contributed by atoms with Crippen LogP contribution in [-0.4, -0.2) is 18.2 Å². The zero-order chi connectivity index (χ0) is 17.9. The molecule has 0 spiro atoms. The molecular formula is C17H17N5O2S. The van der Waals surface area contributed by atoms with Crippen molar-refractivity contribution in [3.63, 3.8) is 0 Å². The van der Waals surface area contributed by atoms with Gasteiger partial charge in [-0.05, 0) is 43.3 Å². The van der Waals surface area contributed by atoms with Crippen LogP contribution in [0.15, 0.2) is 75.9 Å². The molecule has 0 radical (unpaired) electrons. The maximum atomic E-state index is 12.4. The molecule has 0 fully saturated rings. The van der Waals surface area contributed by atoms with Crippen molar-refractivity contribution in [3.05, 3.63) is 66.5 Å². The molecule has 0 saturated heterocycles. The van der Waals surface area contributed by atoms with Crippen LogP contribution in [0, 0.1) is 6.92 Å². The number of azo groups is 1. The van der Waals surface area contributed by atoms with E-state index in [0.29, 0.717) is 17.1 Å². The summed E-state index contributed by atoms with van der Waals surface area (Å²) in [6.07, 6.45) is 1.47. The van der Waals surface area contributed by atoms with Crippen LogP contribution in [0.25, 0.3) is 0 Å². The zero-order valence-corrected chi connectivity index (χ0v) is 14.6. The molecule has 0 aliphatic carbocycles. The minimum absolute atomic E-state index is 0.155. The molecule has 2 aromatic carbocycles. The van der Waals surface area contributed by atoms with Gasteiger partial charge in [0.2, 0.25) is 0 Å². The van der Waals surface area contributed by atoms with E-state index in [4.69, 9.17) is 0 Å². The van der Waals surface area contributed by atoms with Crippen molar-refractivity contribution < 1.29 is 8.42 Å². The van der Waals surface area contributed by atoms with Crippen molar-refractivity contribution in [2.75, 3.05) is 4.72 Å². The van der Waals surface area contributed by atoms with Gasteiger partial charge in [-0.2, -0.15) is 15.3 Å². The molecule has 0 saturated carbocycles. The minimum atomic E-state index is -3.68. The van der Waals surface area contributed by atoms with Crippen molar-refractivity contribution in [2.24, 2.45) is 17.3 Å². The largest absolute Gasteiger partial charge is 0.280 e. The number of hydrogen-bond donors (Lipinski definition) is 1. The maximum Gasteiger partial charge on any atom is 0.265 e. The Hall–Kier alpha value is -3.00. The number of nitrogens with zero attached hydrogens (tertiary/aromatic N) is 4. The summed E-state index contributed by atoms with van der Waals surface area (Å²) in [7, 11) is -2.00. The zero-order valence-electron chi connectivity index (χ0n) is 13.8. The molecule has 1 heterocycles. The van der Waals surface area contributed by atoms with E-state index in [2.05, 4.69) is 20.0 Å². The van der Waals surface area contributed by atoms with Gasteiger partial charge in [0.25, 0.3) is 10.0 Å². The predicted molar refractivity (Wildman–Crippen MR) is 95.8 cm³/mol. The highest BCUT2D eigenvalue weighted by atomic mass is 32.2. The smallest absolute Gasteiger partial charge is 0.265 e. The van der Waals surface area contributed by atoms with E-state index in [0.717, 1.165) is 5.69 Å². The minimum Gasteiger partial charge on any atom is -0.280 e. The topological polar surface area (TPSA) is 88.7 Å². The Kier molecular flexibility index (Phi) is 4.62. The van der Waals surface area contributed by atoms with E-state index >= 15 is 0 Å². The number of nitrogens with one attached hydrogen (secondary N) is 1. The molecule has 8 heteroatoms. The molecular weight excluding hydrogens is 338 g/mol. The van der Waals surface area contributed by atoms with Crippen LogP contribution < -0.4 is 4.72 Å². The Bertz CT molecular complexity index is 993. The van der Waals surface area contributed by atoms with E-state index in [-0.39, 0.29) is 4.90 Å². The van der Waals surface area contributed by atoms with E-state index in [1.54, 1.807) is 38.2 Å². The molecule has 7 nitrogen and oxygen atoms in total. The van der Waals surface area contributed by atoms with Crippen LogP contribution in [0.1, 0.15) is 5.69 Å². The van der Waals surface area contributed by atoms with Gasteiger partial charge in [0.05, 0.1) is 17.1 Å². The van der Waals surface area contributed by atoms with Crippen molar-refractivity contribution in [1.29, 1.82) is 0 Å². The first kappa shape index (κ1) is 16.8. The Balaban J connectivity index is 1.74. The third kappa shape index (κ3) is 4.10. The van der Waals surface area contributed by atoms with E-state index < -0.39 is 10.0 Å². The van der Waals surface area contributed by atoms with Crippen molar-refractivity contribution in [2.45, 2.75) is 11.8 Å². The van der Waals surface area contributed by atoms with Gasteiger partial charge in [-0.15, -0.1) is 0 Å². The van der Waals surface area contributed by atoms with Gasteiger partial charge in [0, 0.05) is 18.9 Å². The predicted octanol–water partition coefficient (Wildman–Crippen LogP) is 3.94. The number of rotatable bonds is 5. The van der Waals surface area contributed by atoms with Crippen LogP contribution in [0.3, 0.4) is 0 Å². The molecule has 3 rings (SSSR count). The van der Waals surface area contributed by atoms with Crippen LogP contribution in [0.5, 0.6) is 0 Å². The summed E-state index contributed by atoms with van der Waals surface area (Å²) in [6, 6.07) is 16.0. The van der Waals surface area contributed by atoms with Gasteiger partial charge in [0.1, 0.15) is 4.90 Å². The lowest BCUT2D eigenvalue weighted by molar-refractivity contribution is 0.600. The molecule has 0 unspecified atom stereocenters. The van der Waals surface area contributed by atoms with Crippen molar-refractivity contribution in [3.8, 4) is 0 Å². The van der Waals surface area contributed by atoms with E-state index in [1.165, 1.54) is 10.9 Å². The van der Waals surface area contributed by atoms with Gasteiger partial charge in [-0.25, -0.2) is 8.42 Å². The highest BCUT2D eigenvalue weighted by molar-refractivity contribution is 7.92. The van der Waals surface area contributed by atoms with Gasteiger partial charge in [-0.3, -0.25) is 9.40 Å². The number of aryl methyl sites for hydroxylation is 2. The SMILES string of the molecule is Cc1nn(C)cc1S(=O)(=O)Nc1ccc(N=Nc2ccccc2)cc1. The third-order valence-corrected chi connectivity index (χ3v) is 4.90. The van der Waals surface area contributed by atoms with Gasteiger partial charge < -0.3 is 0 Å². The Morgan fingerprint density at radius 1 is 0.960 bits per heavy atom. The Labute approximate surface area is 146 Å². The molecule has 128 valence electrons. The first-order chi connectivity index (χ1) is 11.9. The normalized spacial score (nSPS) is 11.8. The average molecular weight is 355 g/mol. The lowest BCUT2D eigenvalue weighted by atomic mass is 10.3. The number of aromatic nitrogens is 2. The molecule has 3 aromatic rings. The Morgan fingerprint density at radius 2 is 1.56 bits per heavy atom. The number of benzene rings is 2. The summed E-state index contributed by atoms with van der Waals surface area (Å²) in [4.78, 5) is 0.155. The quantitative estimate of drug-likeness (QED) is 0.703. The van der Waals surface area contributed by atoms with Crippen LogP contribution >= 0.6 is 0 Å². The van der Waals surface area contributed by atoms with E-state index in [1.807, 2.05) is 30.3 Å². The summed E-state index contributed by atoms with van der Waals surface area (Å²) in [6.45, 7) is 1.65. The fourth-order valence-electron chi connectivity index (χ4n) is 2.26. The summed E-state index contributed by atoms with van der Waals surface area (Å²) < 4.78 is 28.9. The van der Waals surface area contributed by atoms with E-state index in [9.17, 15) is 8.42 Å². The lowest BCUT2D eigenvalue weighted by Gasteiger charge is -2.07. The fourth-order valence-corrected chi connectivity index (χ4v) is 3.54. The molecule has 0 amide bonds. The number of anilines is 1. The second kappa shape index (κ2) is 6.86. The van der Waals surface area contributed by atoms with Gasteiger partial charge in [0.15, 0.2) is 0 Å².